The lowest BCUT2D eigenvalue weighted by atomic mass is 10.0. The number of non-ortho nitro benzene ring substituents is 1. The summed E-state index contributed by atoms with van der Waals surface area (Å²) in [5.74, 6) is -0.240. The topological polar surface area (TPSA) is 81.5 Å². The molecule has 0 aromatic heterocycles. The average molecular weight is 252 g/mol. The van der Waals surface area contributed by atoms with Crippen LogP contribution >= 0.6 is 0 Å². The first-order chi connectivity index (χ1) is 8.58. The number of carbonyl (C=O) groups is 1. The number of nitro groups is 1. The number of nitro benzene ring substituents is 1. The fourth-order valence-corrected chi connectivity index (χ4v) is 1.64. The molecule has 1 amide bonds. The molecule has 1 aromatic rings. The molecular weight excluding hydrogens is 236 g/mol. The van der Waals surface area contributed by atoms with E-state index in [0.29, 0.717) is 6.42 Å². The Balaban J connectivity index is 2.84. The van der Waals surface area contributed by atoms with E-state index in [2.05, 4.69) is 5.32 Å². The molecular formula is C12H16N2O4. The molecule has 1 atom stereocenters. The fourth-order valence-electron chi connectivity index (χ4n) is 1.64. The minimum atomic E-state index is -0.451. The van der Waals surface area contributed by atoms with E-state index in [4.69, 9.17) is 4.74 Å². The molecule has 0 spiro atoms. The molecule has 0 fully saturated rings. The third-order valence-electron chi connectivity index (χ3n) is 2.50. The molecule has 0 saturated heterocycles. The van der Waals surface area contributed by atoms with Crippen molar-refractivity contribution < 1.29 is 14.5 Å². The van der Waals surface area contributed by atoms with Gasteiger partial charge in [0.05, 0.1) is 11.0 Å². The van der Waals surface area contributed by atoms with Gasteiger partial charge in [-0.25, -0.2) is 0 Å². The van der Waals surface area contributed by atoms with Crippen molar-refractivity contribution in [2.75, 3.05) is 13.7 Å². The lowest BCUT2D eigenvalue weighted by Crippen LogP contribution is -2.31. The van der Waals surface area contributed by atoms with Gasteiger partial charge >= 0.3 is 0 Å². The molecule has 0 saturated carbocycles. The summed E-state index contributed by atoms with van der Waals surface area (Å²) < 4.78 is 4.73. The smallest absolute Gasteiger partial charge is 0.269 e. The van der Waals surface area contributed by atoms with Gasteiger partial charge in [0.25, 0.3) is 5.69 Å². The highest BCUT2D eigenvalue weighted by atomic mass is 16.6. The predicted molar refractivity (Wildman–Crippen MR) is 66.1 cm³/mol. The summed E-state index contributed by atoms with van der Waals surface area (Å²) in [6, 6.07) is 6.02. The first kappa shape index (κ1) is 14.1. The van der Waals surface area contributed by atoms with Gasteiger partial charge in [-0.2, -0.15) is 0 Å². The Morgan fingerprint density at radius 1 is 1.56 bits per heavy atom. The summed E-state index contributed by atoms with van der Waals surface area (Å²) in [6.45, 7) is 1.88. The fraction of sp³-hybridized carbons (Fsp3) is 0.417. The first-order valence-electron chi connectivity index (χ1n) is 5.61. The highest BCUT2D eigenvalue weighted by molar-refractivity contribution is 5.77. The third kappa shape index (κ3) is 3.81. The Morgan fingerprint density at radius 3 is 2.83 bits per heavy atom. The van der Waals surface area contributed by atoms with Gasteiger partial charge in [0.1, 0.15) is 6.61 Å². The van der Waals surface area contributed by atoms with Crippen molar-refractivity contribution >= 4 is 11.6 Å². The third-order valence-corrected chi connectivity index (χ3v) is 2.50. The van der Waals surface area contributed by atoms with Crippen LogP contribution in [0.4, 0.5) is 5.69 Å². The van der Waals surface area contributed by atoms with Crippen LogP contribution in [-0.4, -0.2) is 24.5 Å². The molecule has 18 heavy (non-hydrogen) atoms. The van der Waals surface area contributed by atoms with Crippen LogP contribution in [0.2, 0.25) is 0 Å². The summed E-state index contributed by atoms with van der Waals surface area (Å²) in [4.78, 5) is 21.7. The molecule has 0 heterocycles. The van der Waals surface area contributed by atoms with E-state index in [0.717, 1.165) is 5.56 Å². The van der Waals surface area contributed by atoms with Gasteiger partial charge in [-0.3, -0.25) is 14.9 Å². The van der Waals surface area contributed by atoms with Crippen LogP contribution in [0.5, 0.6) is 0 Å². The Morgan fingerprint density at radius 2 is 2.28 bits per heavy atom. The molecule has 6 heteroatoms. The van der Waals surface area contributed by atoms with Crippen LogP contribution in [-0.2, 0) is 9.53 Å². The van der Waals surface area contributed by atoms with Gasteiger partial charge < -0.3 is 10.1 Å². The number of nitrogens with zero attached hydrogens (tertiary/aromatic N) is 1. The van der Waals surface area contributed by atoms with Crippen LogP contribution in [0.25, 0.3) is 0 Å². The SMILES string of the molecule is CC[C@@H](NC(=O)COC)c1cccc([N+](=O)[O-])c1. The van der Waals surface area contributed by atoms with E-state index in [9.17, 15) is 14.9 Å². The van der Waals surface area contributed by atoms with Crippen molar-refractivity contribution in [2.45, 2.75) is 19.4 Å². The standard InChI is InChI=1S/C12H16N2O4/c1-3-11(13-12(15)8-18-2)9-5-4-6-10(7-9)14(16)17/h4-7,11H,3,8H2,1-2H3,(H,13,15)/t11-/m1/s1. The largest absolute Gasteiger partial charge is 0.375 e. The maximum Gasteiger partial charge on any atom is 0.269 e. The van der Waals surface area contributed by atoms with Gasteiger partial charge in [0.15, 0.2) is 0 Å². The molecule has 0 unspecified atom stereocenters. The number of ether oxygens (including phenoxy) is 1. The minimum absolute atomic E-state index is 0.0203. The summed E-state index contributed by atoms with van der Waals surface area (Å²) in [5.41, 5.74) is 0.739. The zero-order valence-corrected chi connectivity index (χ0v) is 10.4. The van der Waals surface area contributed by atoms with Crippen LogP contribution in [0.15, 0.2) is 24.3 Å². The maximum atomic E-state index is 11.4. The van der Waals surface area contributed by atoms with Crippen molar-refractivity contribution in [3.63, 3.8) is 0 Å². The molecule has 0 aliphatic rings. The predicted octanol–water partition coefficient (Wildman–Crippen LogP) is 1.81. The van der Waals surface area contributed by atoms with Crippen molar-refractivity contribution in [3.8, 4) is 0 Å². The maximum absolute atomic E-state index is 11.4. The Bertz CT molecular complexity index is 434. The Kier molecular flexibility index (Phi) is 5.26. The monoisotopic (exact) mass is 252 g/mol. The van der Waals surface area contributed by atoms with Crippen LogP contribution in [0, 0.1) is 10.1 Å². The van der Waals surface area contributed by atoms with E-state index >= 15 is 0 Å². The molecule has 1 rings (SSSR count). The van der Waals surface area contributed by atoms with Crippen LogP contribution < -0.4 is 5.32 Å². The van der Waals surface area contributed by atoms with E-state index < -0.39 is 4.92 Å². The van der Waals surface area contributed by atoms with E-state index in [1.165, 1.54) is 19.2 Å². The Hall–Kier alpha value is -1.95. The number of benzene rings is 1. The Labute approximate surface area is 105 Å². The van der Waals surface area contributed by atoms with E-state index in [1.807, 2.05) is 6.92 Å². The normalized spacial score (nSPS) is 11.9. The van der Waals surface area contributed by atoms with Gasteiger partial charge in [0, 0.05) is 19.2 Å². The lowest BCUT2D eigenvalue weighted by molar-refractivity contribution is -0.384. The van der Waals surface area contributed by atoms with E-state index in [-0.39, 0.29) is 24.2 Å². The van der Waals surface area contributed by atoms with Crippen LogP contribution in [0.1, 0.15) is 24.9 Å². The van der Waals surface area contributed by atoms with Crippen LogP contribution in [0.3, 0.4) is 0 Å². The van der Waals surface area contributed by atoms with Crippen molar-refractivity contribution in [2.24, 2.45) is 0 Å². The highest BCUT2D eigenvalue weighted by Crippen LogP contribution is 2.21. The number of hydrogen-bond acceptors (Lipinski definition) is 4. The molecule has 0 bridgehead atoms. The number of carbonyl (C=O) groups excluding carboxylic acids is 1. The van der Waals surface area contributed by atoms with Gasteiger partial charge in [-0.15, -0.1) is 0 Å². The van der Waals surface area contributed by atoms with Crippen molar-refractivity contribution in [1.82, 2.24) is 5.32 Å². The molecule has 0 radical (unpaired) electrons. The number of rotatable bonds is 6. The summed E-state index contributed by atoms with van der Waals surface area (Å²) in [5, 5.41) is 13.5. The molecule has 0 aliphatic carbocycles. The van der Waals surface area contributed by atoms with Crippen molar-refractivity contribution in [3.05, 3.63) is 39.9 Å². The van der Waals surface area contributed by atoms with Gasteiger partial charge in [-0.1, -0.05) is 19.1 Å². The molecule has 98 valence electrons. The molecule has 0 aliphatic heterocycles. The summed E-state index contributed by atoms with van der Waals surface area (Å²) in [6.07, 6.45) is 0.649. The second-order valence-corrected chi connectivity index (χ2v) is 3.81. The average Bonchev–Trinajstić information content (AvgIpc) is 2.36. The van der Waals surface area contributed by atoms with Crippen molar-refractivity contribution in [1.29, 1.82) is 0 Å². The number of hydrogen-bond donors (Lipinski definition) is 1. The first-order valence-corrected chi connectivity index (χ1v) is 5.61. The lowest BCUT2D eigenvalue weighted by Gasteiger charge is -2.17. The molecule has 1 aromatic carbocycles. The highest BCUT2D eigenvalue weighted by Gasteiger charge is 2.15. The summed E-state index contributed by atoms with van der Waals surface area (Å²) >= 11 is 0. The zero-order valence-electron chi connectivity index (χ0n) is 10.4. The summed E-state index contributed by atoms with van der Waals surface area (Å²) in [7, 11) is 1.44. The van der Waals surface area contributed by atoms with Gasteiger partial charge in [-0.05, 0) is 12.0 Å². The van der Waals surface area contributed by atoms with E-state index in [1.54, 1.807) is 12.1 Å². The quantitative estimate of drug-likeness (QED) is 0.618. The second-order valence-electron chi connectivity index (χ2n) is 3.81. The van der Waals surface area contributed by atoms with Gasteiger partial charge in [0.2, 0.25) is 5.91 Å². The molecule has 6 nitrogen and oxygen atoms in total. The zero-order chi connectivity index (χ0) is 13.5. The number of nitrogens with one attached hydrogen (secondary N) is 1. The molecule has 1 N–H and O–H groups in total. The minimum Gasteiger partial charge on any atom is -0.375 e. The second kappa shape index (κ2) is 6.70. The number of methoxy groups -OCH3 is 1. The number of amides is 1.